The molecule has 2 heterocycles. The summed E-state index contributed by atoms with van der Waals surface area (Å²) in [6, 6.07) is 8.10. The van der Waals surface area contributed by atoms with Crippen molar-refractivity contribution in [1.29, 1.82) is 0 Å². The Morgan fingerprint density at radius 1 is 1.25 bits per heavy atom. The molecule has 1 aliphatic carbocycles. The molecule has 2 fully saturated rings. The number of benzene rings is 1. The summed E-state index contributed by atoms with van der Waals surface area (Å²) in [5.74, 6) is 2.35. The Morgan fingerprint density at radius 3 is 2.61 bits per heavy atom. The average Bonchev–Trinajstić information content (AvgIpc) is 3.02. The van der Waals surface area contributed by atoms with E-state index in [0.717, 1.165) is 12.2 Å². The smallest absolute Gasteiger partial charge is 0.256 e. The Kier molecular flexibility index (Phi) is 5.23. The van der Waals surface area contributed by atoms with E-state index in [4.69, 9.17) is 27.6 Å². The molecule has 2 aliphatic rings. The summed E-state index contributed by atoms with van der Waals surface area (Å²) >= 11 is 12.2. The van der Waals surface area contributed by atoms with Gasteiger partial charge in [0.1, 0.15) is 11.5 Å². The lowest BCUT2D eigenvalue weighted by Crippen LogP contribution is -2.40. The highest BCUT2D eigenvalue weighted by atomic mass is 35.5. The average molecular weight is 442 g/mol. The van der Waals surface area contributed by atoms with Crippen LogP contribution in [0, 0.1) is 5.92 Å². The molecular weight excluding hydrogens is 421 g/mol. The van der Waals surface area contributed by atoms with E-state index in [-0.39, 0.29) is 29.0 Å². The summed E-state index contributed by atoms with van der Waals surface area (Å²) in [7, 11) is -3.15. The second-order valence-electron chi connectivity index (χ2n) is 7.74. The van der Waals surface area contributed by atoms with Crippen molar-refractivity contribution in [2.24, 2.45) is 5.92 Å². The molecule has 1 aliphatic heterocycles. The van der Waals surface area contributed by atoms with E-state index >= 15 is 0 Å². The molecule has 0 radical (unpaired) electrons. The number of furan rings is 1. The minimum Gasteiger partial charge on any atom is -0.464 e. The summed E-state index contributed by atoms with van der Waals surface area (Å²) in [6.07, 6.45) is 1.52. The van der Waals surface area contributed by atoms with Crippen LogP contribution >= 0.6 is 23.2 Å². The van der Waals surface area contributed by atoms with Crippen LogP contribution in [0.2, 0.25) is 10.0 Å². The molecule has 2 aromatic rings. The quantitative estimate of drug-likeness (QED) is 0.682. The molecule has 1 saturated carbocycles. The lowest BCUT2D eigenvalue weighted by Gasteiger charge is -2.28. The molecule has 3 unspecified atom stereocenters. The van der Waals surface area contributed by atoms with Gasteiger partial charge in [-0.15, -0.1) is 0 Å². The first-order valence-corrected chi connectivity index (χ1v) is 11.9. The molecule has 150 valence electrons. The van der Waals surface area contributed by atoms with Crippen molar-refractivity contribution in [3.8, 4) is 0 Å². The van der Waals surface area contributed by atoms with Crippen molar-refractivity contribution in [3.05, 3.63) is 57.5 Å². The van der Waals surface area contributed by atoms with E-state index in [1.807, 2.05) is 12.1 Å². The molecular formula is C20H21Cl2NO4S. The maximum atomic E-state index is 13.2. The van der Waals surface area contributed by atoms with Gasteiger partial charge in [0.25, 0.3) is 5.91 Å². The van der Waals surface area contributed by atoms with Crippen LogP contribution in [0.4, 0.5) is 0 Å². The van der Waals surface area contributed by atoms with Crippen molar-refractivity contribution in [3.63, 3.8) is 0 Å². The van der Waals surface area contributed by atoms with E-state index in [2.05, 4.69) is 6.92 Å². The van der Waals surface area contributed by atoms with Crippen LogP contribution in [0.5, 0.6) is 0 Å². The monoisotopic (exact) mass is 441 g/mol. The first-order chi connectivity index (χ1) is 13.2. The molecule has 0 bridgehead atoms. The lowest BCUT2D eigenvalue weighted by molar-refractivity contribution is 0.0665. The zero-order valence-electron chi connectivity index (χ0n) is 15.4. The van der Waals surface area contributed by atoms with Gasteiger partial charge in [0.15, 0.2) is 9.84 Å². The Labute approximate surface area is 174 Å². The molecule has 4 rings (SSSR count). The van der Waals surface area contributed by atoms with E-state index < -0.39 is 15.9 Å². The Bertz CT molecular complexity index is 1020. The third-order valence-electron chi connectivity index (χ3n) is 5.56. The summed E-state index contributed by atoms with van der Waals surface area (Å²) in [6.45, 7) is 2.38. The summed E-state index contributed by atoms with van der Waals surface area (Å²) < 4.78 is 30.0. The molecule has 1 aromatic carbocycles. The first-order valence-electron chi connectivity index (χ1n) is 9.28. The topological polar surface area (TPSA) is 67.6 Å². The number of carbonyl (C=O) groups is 1. The van der Waals surface area contributed by atoms with Crippen LogP contribution in [0.15, 0.2) is 34.7 Å². The number of sulfone groups is 1. The maximum absolute atomic E-state index is 13.2. The molecule has 1 aromatic heterocycles. The molecule has 3 atom stereocenters. The van der Waals surface area contributed by atoms with Gasteiger partial charge in [-0.3, -0.25) is 4.79 Å². The lowest BCUT2D eigenvalue weighted by atomic mass is 10.1. The molecule has 5 nitrogen and oxygen atoms in total. The second kappa shape index (κ2) is 7.39. The van der Waals surface area contributed by atoms with Gasteiger partial charge in [-0.25, -0.2) is 8.42 Å². The minimum absolute atomic E-state index is 0.0445. The highest BCUT2D eigenvalue weighted by Crippen LogP contribution is 2.47. The van der Waals surface area contributed by atoms with Gasteiger partial charge in [-0.1, -0.05) is 30.1 Å². The highest BCUT2D eigenvalue weighted by molar-refractivity contribution is 7.91. The van der Waals surface area contributed by atoms with Crippen LogP contribution < -0.4 is 0 Å². The van der Waals surface area contributed by atoms with Crippen LogP contribution in [-0.4, -0.2) is 36.8 Å². The van der Waals surface area contributed by atoms with Crippen LogP contribution in [-0.2, 0) is 16.4 Å². The van der Waals surface area contributed by atoms with E-state index in [0.29, 0.717) is 34.6 Å². The second-order valence-corrected chi connectivity index (χ2v) is 10.8. The highest BCUT2D eigenvalue weighted by Gasteiger charge is 2.38. The molecule has 28 heavy (non-hydrogen) atoms. The largest absolute Gasteiger partial charge is 0.464 e. The SMILES string of the molecule is CC1CC1c1ccc(CN(C(=O)c2ccc(Cl)cc2Cl)C2CCS(=O)(=O)C2)o1. The summed E-state index contributed by atoms with van der Waals surface area (Å²) in [4.78, 5) is 14.8. The number of hydrogen-bond donors (Lipinski definition) is 0. The fraction of sp³-hybridized carbons (Fsp3) is 0.450. The van der Waals surface area contributed by atoms with Gasteiger partial charge in [-0.05, 0) is 49.1 Å². The van der Waals surface area contributed by atoms with E-state index in [1.54, 1.807) is 17.0 Å². The first kappa shape index (κ1) is 19.8. The van der Waals surface area contributed by atoms with Gasteiger partial charge < -0.3 is 9.32 Å². The Morgan fingerprint density at radius 2 is 2.00 bits per heavy atom. The molecule has 8 heteroatoms. The van der Waals surface area contributed by atoms with Gasteiger partial charge >= 0.3 is 0 Å². The molecule has 0 N–H and O–H groups in total. The van der Waals surface area contributed by atoms with Crippen molar-refractivity contribution in [2.75, 3.05) is 11.5 Å². The minimum atomic E-state index is -3.15. The fourth-order valence-corrected chi connectivity index (χ4v) is 5.99. The number of nitrogens with zero attached hydrogens (tertiary/aromatic N) is 1. The molecule has 1 saturated heterocycles. The number of amides is 1. The number of halogens is 2. The standard InChI is InChI=1S/C20H21Cl2NO4S/c1-12-8-17(12)19-5-3-15(27-19)10-23(14-6-7-28(25,26)11-14)20(24)16-4-2-13(21)9-18(16)22/h2-5,9,12,14,17H,6-8,10-11H2,1H3. The summed E-state index contributed by atoms with van der Waals surface area (Å²) in [5, 5.41) is 0.682. The third kappa shape index (κ3) is 4.09. The number of rotatable bonds is 5. The van der Waals surface area contributed by atoms with Gasteiger partial charge in [0, 0.05) is 17.0 Å². The van der Waals surface area contributed by atoms with Crippen molar-refractivity contribution < 1.29 is 17.6 Å². The molecule has 1 amide bonds. The predicted octanol–water partition coefficient (Wildman–Crippen LogP) is 4.54. The van der Waals surface area contributed by atoms with Crippen molar-refractivity contribution in [1.82, 2.24) is 4.90 Å². The van der Waals surface area contributed by atoms with E-state index in [9.17, 15) is 13.2 Å². The van der Waals surface area contributed by atoms with Crippen molar-refractivity contribution >= 4 is 38.9 Å². The maximum Gasteiger partial charge on any atom is 0.256 e. The van der Waals surface area contributed by atoms with E-state index in [1.165, 1.54) is 6.07 Å². The summed E-state index contributed by atoms with van der Waals surface area (Å²) in [5.41, 5.74) is 0.304. The Hall–Kier alpha value is -1.50. The van der Waals surface area contributed by atoms with Crippen LogP contribution in [0.1, 0.15) is 47.6 Å². The zero-order chi connectivity index (χ0) is 20.1. The number of hydrogen-bond acceptors (Lipinski definition) is 4. The fourth-order valence-electron chi connectivity index (χ4n) is 3.77. The number of carbonyl (C=O) groups excluding carboxylic acids is 1. The van der Waals surface area contributed by atoms with Crippen molar-refractivity contribution in [2.45, 2.75) is 38.3 Å². The predicted molar refractivity (Wildman–Crippen MR) is 109 cm³/mol. The molecule has 0 spiro atoms. The zero-order valence-corrected chi connectivity index (χ0v) is 17.7. The Balaban J connectivity index is 1.62. The third-order valence-corrected chi connectivity index (χ3v) is 7.85. The van der Waals surface area contributed by atoms with Crippen LogP contribution in [0.25, 0.3) is 0 Å². The van der Waals surface area contributed by atoms with Crippen LogP contribution in [0.3, 0.4) is 0 Å². The van der Waals surface area contributed by atoms with Gasteiger partial charge in [0.2, 0.25) is 0 Å². The van der Waals surface area contributed by atoms with Gasteiger partial charge in [-0.2, -0.15) is 0 Å². The normalized spacial score (nSPS) is 25.6. The van der Waals surface area contributed by atoms with Gasteiger partial charge in [0.05, 0.1) is 28.6 Å².